The van der Waals surface area contributed by atoms with Crippen molar-refractivity contribution in [3.05, 3.63) is 174 Å². The molecule has 0 aliphatic carbocycles. The highest BCUT2D eigenvalue weighted by molar-refractivity contribution is 7.50. The number of rotatable bonds is 12. The van der Waals surface area contributed by atoms with Crippen molar-refractivity contribution in [2.45, 2.75) is 25.7 Å². The third kappa shape index (κ3) is 8.87. The Kier molecular flexibility index (Phi) is 10.2. The van der Waals surface area contributed by atoms with Crippen LogP contribution in [0.2, 0.25) is 0 Å². The largest absolute Gasteiger partial charge is 0.329 e. The predicted molar refractivity (Wildman–Crippen MR) is 201 cm³/mol. The molecule has 0 saturated heterocycles. The van der Waals surface area contributed by atoms with Gasteiger partial charge < -0.3 is 14.6 Å². The lowest BCUT2D eigenvalue weighted by Crippen LogP contribution is -2.32. The monoisotopic (exact) mass is 709 g/mol. The summed E-state index contributed by atoms with van der Waals surface area (Å²) in [6.45, 7) is 1.44. The molecule has 7 nitrogen and oxygen atoms in total. The number of pyridine rings is 2. The first-order valence-corrected chi connectivity index (χ1v) is 19.2. The van der Waals surface area contributed by atoms with Gasteiger partial charge in [-0.05, 0) is 33.4 Å². The molecule has 0 fully saturated rings. The number of benzene rings is 4. The zero-order valence-electron chi connectivity index (χ0n) is 27.7. The molecule has 0 amide bonds. The van der Waals surface area contributed by atoms with Crippen molar-refractivity contribution >= 4 is 25.2 Å². The lowest BCUT2D eigenvalue weighted by atomic mass is 10.0. The summed E-state index contributed by atoms with van der Waals surface area (Å²) in [4.78, 5) is 34.1. The lowest BCUT2D eigenvalue weighted by molar-refractivity contribution is -0.688. The summed E-state index contributed by atoms with van der Waals surface area (Å²) in [5.74, 6) is 0. The van der Waals surface area contributed by atoms with Gasteiger partial charge in [0.05, 0.1) is 11.9 Å². The summed E-state index contributed by atoms with van der Waals surface area (Å²) in [5.41, 5.74) is 11.6. The van der Waals surface area contributed by atoms with Crippen LogP contribution in [0.25, 0.3) is 44.1 Å². The number of aromatic nitrogens is 3. The van der Waals surface area contributed by atoms with Gasteiger partial charge in [-0.1, -0.05) is 97.1 Å². The highest BCUT2D eigenvalue weighted by Gasteiger charge is 2.14. The van der Waals surface area contributed by atoms with Crippen LogP contribution >= 0.6 is 18.9 Å². The van der Waals surface area contributed by atoms with E-state index < -0.39 is 7.60 Å². The molecule has 0 saturated carbocycles. The van der Waals surface area contributed by atoms with Crippen LogP contribution in [-0.4, -0.2) is 21.1 Å². The minimum absolute atomic E-state index is 0.244. The molecule has 0 aliphatic rings. The molecule has 252 valence electrons. The van der Waals surface area contributed by atoms with Gasteiger partial charge in [0.25, 0.3) is 0 Å². The highest BCUT2D eigenvalue weighted by Crippen LogP contribution is 2.39. The quantitative estimate of drug-likeness (QED) is 0.0765. The smallest absolute Gasteiger partial charge is 0.324 e. The molecular weight excluding hydrogens is 674 g/mol. The number of hydrogen-bond acceptors (Lipinski definition) is 4. The summed E-state index contributed by atoms with van der Waals surface area (Å²) in [6, 6.07) is 41.0. The van der Waals surface area contributed by atoms with Crippen LogP contribution < -0.4 is 9.13 Å². The van der Waals surface area contributed by atoms with Crippen molar-refractivity contribution < 1.29 is 28.3 Å². The molecule has 7 rings (SSSR count). The molecule has 0 aliphatic heterocycles. The molecule has 0 unspecified atom stereocenters. The number of hydrogen-bond donors (Lipinski definition) is 2. The van der Waals surface area contributed by atoms with Gasteiger partial charge in [-0.25, -0.2) is 14.1 Å². The fourth-order valence-corrected chi connectivity index (χ4v) is 7.50. The molecule has 3 heterocycles. The van der Waals surface area contributed by atoms with Crippen LogP contribution in [0, 0.1) is 0 Å². The second-order valence-corrected chi connectivity index (χ2v) is 15.0. The average Bonchev–Trinajstić information content (AvgIpc) is 3.64. The molecule has 4 aromatic carbocycles. The Labute approximate surface area is 301 Å². The molecule has 7 aromatic rings. The van der Waals surface area contributed by atoms with Gasteiger partial charge in [-0.15, -0.1) is 11.3 Å². The van der Waals surface area contributed by atoms with E-state index in [1.54, 1.807) is 23.5 Å². The molecule has 9 heteroatoms. The number of carbonyl (C=O) groups excluding carboxylic acids is 1. The van der Waals surface area contributed by atoms with E-state index in [0.29, 0.717) is 18.5 Å². The predicted octanol–water partition coefficient (Wildman–Crippen LogP) is 7.90. The normalized spacial score (nSPS) is 11.4. The Balaban J connectivity index is 0.954. The second-order valence-electron chi connectivity index (χ2n) is 12.5. The third-order valence-electron chi connectivity index (χ3n) is 8.75. The fourth-order valence-electron chi connectivity index (χ4n) is 5.97. The zero-order valence-corrected chi connectivity index (χ0v) is 29.5. The number of thiazole rings is 1. The summed E-state index contributed by atoms with van der Waals surface area (Å²) in [6.07, 6.45) is 9.41. The van der Waals surface area contributed by atoms with Gasteiger partial charge in [-0.3, -0.25) is 4.57 Å². The Morgan fingerprint density at radius 1 is 0.549 bits per heavy atom. The average molecular weight is 710 g/mol. The van der Waals surface area contributed by atoms with Gasteiger partial charge in [0.1, 0.15) is 11.3 Å². The summed E-state index contributed by atoms with van der Waals surface area (Å²) >= 11 is 1.64. The van der Waals surface area contributed by atoms with Crippen LogP contribution in [0.4, 0.5) is 0 Å². The van der Waals surface area contributed by atoms with Crippen LogP contribution in [0.3, 0.4) is 0 Å². The molecule has 0 radical (unpaired) electrons. The molecule has 2 N–H and O–H groups in total. The van der Waals surface area contributed by atoms with E-state index in [0.717, 1.165) is 68.0 Å². The molecule has 0 bridgehead atoms. The maximum atomic E-state index is 11.3. The van der Waals surface area contributed by atoms with Crippen LogP contribution in [0.5, 0.6) is 0 Å². The number of carbonyl (C=O) groups is 1. The lowest BCUT2D eigenvalue weighted by Gasteiger charge is -2.05. The minimum atomic E-state index is -4.07. The first-order valence-electron chi connectivity index (χ1n) is 16.6. The molecule has 0 atom stereocenters. The standard InChI is InChI=1S/C42H34N3O4PS/c46-26-21-31-1-3-32(4-2-31)27-44-24-19-38(20-25-44)36-11-15-40(16-12-36)42-43-41(30-51-42)39-13-9-35(10-14-39)37-17-22-45(23-18-37)28-33-5-7-34(8-6-33)29-50(47,48)49/h1-20,22-26,30H,21,27-29H2/p+2. The highest BCUT2D eigenvalue weighted by atomic mass is 32.1. The Morgan fingerprint density at radius 2 is 0.961 bits per heavy atom. The van der Waals surface area contributed by atoms with Crippen LogP contribution in [0.15, 0.2) is 151 Å². The Hall–Kier alpha value is -5.37. The van der Waals surface area contributed by atoms with Crippen molar-refractivity contribution in [2.24, 2.45) is 0 Å². The molecule has 3 aromatic heterocycles. The van der Waals surface area contributed by atoms with E-state index in [9.17, 15) is 19.1 Å². The van der Waals surface area contributed by atoms with E-state index in [4.69, 9.17) is 4.98 Å². The van der Waals surface area contributed by atoms with Crippen LogP contribution in [0.1, 0.15) is 22.3 Å². The maximum Gasteiger partial charge on any atom is 0.329 e. The number of aldehydes is 1. The van der Waals surface area contributed by atoms with Crippen molar-refractivity contribution in [3.63, 3.8) is 0 Å². The van der Waals surface area contributed by atoms with Gasteiger partial charge >= 0.3 is 7.60 Å². The SMILES string of the molecule is O=CCc1ccc(C[n+]2ccc(-c3ccc(-c4nc(-c5ccc(-c6cc[n+](Cc7ccc(CP(=O)(O)O)cc7)cc6)cc5)cs4)cc3)cc2)cc1. The Bertz CT molecular complexity index is 2280. The molecule has 0 spiro atoms. The fraction of sp³-hybridized carbons (Fsp3) is 0.0952. The van der Waals surface area contributed by atoms with Crippen molar-refractivity contribution in [3.8, 4) is 44.1 Å². The molecular formula is C42H36N3O4PS+2. The first-order chi connectivity index (χ1) is 24.8. The van der Waals surface area contributed by atoms with E-state index in [2.05, 4.69) is 112 Å². The van der Waals surface area contributed by atoms with Crippen molar-refractivity contribution in [1.29, 1.82) is 0 Å². The van der Waals surface area contributed by atoms with E-state index >= 15 is 0 Å². The summed E-state index contributed by atoms with van der Waals surface area (Å²) < 4.78 is 15.5. The first kappa shape index (κ1) is 34.1. The summed E-state index contributed by atoms with van der Waals surface area (Å²) in [7, 11) is -4.07. The van der Waals surface area contributed by atoms with Crippen LogP contribution in [-0.2, 0) is 35.0 Å². The number of nitrogens with zero attached hydrogens (tertiary/aromatic N) is 3. The second kappa shape index (κ2) is 15.3. The maximum absolute atomic E-state index is 11.3. The van der Waals surface area contributed by atoms with Gasteiger partial charge in [0, 0.05) is 58.3 Å². The zero-order chi connectivity index (χ0) is 35.2. The molecule has 51 heavy (non-hydrogen) atoms. The van der Waals surface area contributed by atoms with E-state index in [-0.39, 0.29) is 6.16 Å². The third-order valence-corrected chi connectivity index (χ3v) is 10.4. The summed E-state index contributed by atoms with van der Waals surface area (Å²) in [5, 5.41) is 3.09. The van der Waals surface area contributed by atoms with Crippen molar-refractivity contribution in [1.82, 2.24) is 4.98 Å². The van der Waals surface area contributed by atoms with Gasteiger partial charge in [-0.2, -0.15) is 0 Å². The minimum Gasteiger partial charge on any atom is -0.324 e. The van der Waals surface area contributed by atoms with E-state index in [1.165, 1.54) is 5.56 Å². The van der Waals surface area contributed by atoms with Gasteiger partial charge in [0.2, 0.25) is 0 Å². The van der Waals surface area contributed by atoms with Crippen molar-refractivity contribution in [2.75, 3.05) is 0 Å². The Morgan fingerprint density at radius 3 is 1.43 bits per heavy atom. The van der Waals surface area contributed by atoms with Gasteiger partial charge in [0.15, 0.2) is 37.9 Å². The topological polar surface area (TPSA) is 95.3 Å². The van der Waals surface area contributed by atoms with E-state index in [1.807, 2.05) is 36.7 Å².